The van der Waals surface area contributed by atoms with E-state index in [1.165, 1.54) is 31.2 Å². The van der Waals surface area contributed by atoms with Crippen LogP contribution in [-0.2, 0) is 19.5 Å². The summed E-state index contributed by atoms with van der Waals surface area (Å²) < 4.78 is 4.58. The van der Waals surface area contributed by atoms with Crippen molar-refractivity contribution in [1.29, 1.82) is 0 Å². The van der Waals surface area contributed by atoms with Crippen LogP contribution in [0.15, 0.2) is 24.8 Å². The van der Waals surface area contributed by atoms with E-state index in [9.17, 15) is 0 Å². The fourth-order valence-electron chi connectivity index (χ4n) is 3.37. The average Bonchev–Trinajstić information content (AvgIpc) is 3.02. The van der Waals surface area contributed by atoms with Crippen molar-refractivity contribution < 1.29 is 0 Å². The molecule has 1 aliphatic rings. The van der Waals surface area contributed by atoms with Crippen molar-refractivity contribution in [3.05, 3.63) is 41.7 Å². The van der Waals surface area contributed by atoms with E-state index in [4.69, 9.17) is 0 Å². The summed E-state index contributed by atoms with van der Waals surface area (Å²) >= 11 is 0. The smallest absolute Gasteiger partial charge is 0.105 e. The van der Waals surface area contributed by atoms with E-state index in [1.807, 2.05) is 6.20 Å². The molecule has 0 aromatic carbocycles. The van der Waals surface area contributed by atoms with E-state index in [1.54, 1.807) is 5.56 Å². The Hall–Kier alpha value is -1.55. The number of fused-ring (bicyclic) bond motifs is 1. The highest BCUT2D eigenvalue weighted by molar-refractivity contribution is 5.29. The number of nitrogens with one attached hydrogen (secondary N) is 1. The van der Waals surface area contributed by atoms with Crippen LogP contribution in [0.3, 0.4) is 0 Å². The molecule has 1 aliphatic carbocycles. The lowest BCUT2D eigenvalue weighted by Gasteiger charge is -2.15. The number of nitrogens with zero attached hydrogens (tertiary/aromatic N) is 3. The van der Waals surface area contributed by atoms with Gasteiger partial charge < -0.3 is 14.5 Å². The predicted molar refractivity (Wildman–Crippen MR) is 85.4 cm³/mol. The van der Waals surface area contributed by atoms with Gasteiger partial charge in [-0.05, 0) is 43.9 Å². The summed E-state index contributed by atoms with van der Waals surface area (Å²) in [6.07, 6.45) is 13.8. The third-order valence-corrected chi connectivity index (χ3v) is 4.53. The molecule has 0 spiro atoms. The van der Waals surface area contributed by atoms with E-state index < -0.39 is 0 Å². The van der Waals surface area contributed by atoms with Crippen LogP contribution in [-0.4, -0.2) is 20.7 Å². The molecule has 21 heavy (non-hydrogen) atoms. The lowest BCUT2D eigenvalue weighted by Crippen LogP contribution is -2.20. The molecule has 0 aliphatic heterocycles. The maximum Gasteiger partial charge on any atom is 0.105 e. The largest absolute Gasteiger partial charge is 0.352 e. The number of imidazole rings is 1. The van der Waals surface area contributed by atoms with Crippen LogP contribution >= 0.6 is 0 Å². The van der Waals surface area contributed by atoms with Gasteiger partial charge in [-0.3, -0.25) is 0 Å². The van der Waals surface area contributed by atoms with Crippen molar-refractivity contribution in [2.24, 2.45) is 0 Å². The first-order chi connectivity index (χ1) is 10.3. The molecule has 1 unspecified atom stereocenters. The Morgan fingerprint density at radius 2 is 2.19 bits per heavy atom. The number of rotatable bonds is 5. The zero-order chi connectivity index (χ0) is 14.7. The summed E-state index contributed by atoms with van der Waals surface area (Å²) in [7, 11) is 0. The minimum absolute atomic E-state index is 0.545. The van der Waals surface area contributed by atoms with Gasteiger partial charge in [-0.15, -0.1) is 0 Å². The molecule has 2 heterocycles. The van der Waals surface area contributed by atoms with Gasteiger partial charge in [-0.1, -0.05) is 13.3 Å². The SMILES string of the molecule is CCNC1CCCCc2cn(CCn3ccnc3C)cc21. The fraction of sp³-hybridized carbons (Fsp3) is 0.588. The highest BCUT2D eigenvalue weighted by Gasteiger charge is 2.19. The Kier molecular flexibility index (Phi) is 4.44. The van der Waals surface area contributed by atoms with Gasteiger partial charge in [0.05, 0.1) is 0 Å². The molecule has 0 amide bonds. The van der Waals surface area contributed by atoms with Crippen molar-refractivity contribution >= 4 is 0 Å². The van der Waals surface area contributed by atoms with Crippen LogP contribution in [0, 0.1) is 6.92 Å². The van der Waals surface area contributed by atoms with Crippen LogP contribution < -0.4 is 5.32 Å². The molecule has 0 saturated heterocycles. The second-order valence-electron chi connectivity index (χ2n) is 6.00. The van der Waals surface area contributed by atoms with Crippen LogP contribution in [0.5, 0.6) is 0 Å². The van der Waals surface area contributed by atoms with Gasteiger partial charge in [0, 0.05) is 43.9 Å². The molecule has 1 atom stereocenters. The Morgan fingerprint density at radius 3 is 2.95 bits per heavy atom. The molecule has 4 nitrogen and oxygen atoms in total. The molecule has 114 valence electrons. The normalized spacial score (nSPS) is 18.5. The molecule has 0 bridgehead atoms. The van der Waals surface area contributed by atoms with Crippen molar-refractivity contribution in [2.75, 3.05) is 6.54 Å². The minimum atomic E-state index is 0.545. The third-order valence-electron chi connectivity index (χ3n) is 4.53. The molecule has 0 fully saturated rings. The van der Waals surface area contributed by atoms with Gasteiger partial charge >= 0.3 is 0 Å². The lowest BCUT2D eigenvalue weighted by atomic mass is 10.0. The zero-order valence-corrected chi connectivity index (χ0v) is 13.2. The van der Waals surface area contributed by atoms with Crippen LogP contribution in [0.25, 0.3) is 0 Å². The Bertz CT molecular complexity index is 581. The predicted octanol–water partition coefficient (Wildman–Crippen LogP) is 3.07. The van der Waals surface area contributed by atoms with E-state index in [0.717, 1.165) is 25.5 Å². The molecular weight excluding hydrogens is 260 g/mol. The van der Waals surface area contributed by atoms with E-state index in [0.29, 0.717) is 6.04 Å². The highest BCUT2D eigenvalue weighted by Crippen LogP contribution is 2.29. The zero-order valence-electron chi connectivity index (χ0n) is 13.2. The van der Waals surface area contributed by atoms with Gasteiger partial charge in [-0.25, -0.2) is 4.98 Å². The summed E-state index contributed by atoms with van der Waals surface area (Å²) in [4.78, 5) is 4.29. The molecular formula is C17H26N4. The van der Waals surface area contributed by atoms with Crippen LogP contribution in [0.1, 0.15) is 49.2 Å². The first-order valence-electron chi connectivity index (χ1n) is 8.17. The average molecular weight is 286 g/mol. The summed E-state index contributed by atoms with van der Waals surface area (Å²) in [5, 5.41) is 3.64. The van der Waals surface area contributed by atoms with Crippen molar-refractivity contribution in [1.82, 2.24) is 19.4 Å². The van der Waals surface area contributed by atoms with E-state index in [2.05, 4.69) is 51.9 Å². The molecule has 3 rings (SSSR count). The molecule has 0 saturated carbocycles. The Balaban J connectivity index is 1.73. The summed E-state index contributed by atoms with van der Waals surface area (Å²) in [6.45, 7) is 7.31. The second kappa shape index (κ2) is 6.48. The van der Waals surface area contributed by atoms with Crippen LogP contribution in [0.4, 0.5) is 0 Å². The van der Waals surface area contributed by atoms with Crippen molar-refractivity contribution in [3.8, 4) is 0 Å². The number of hydrogen-bond acceptors (Lipinski definition) is 2. The summed E-state index contributed by atoms with van der Waals surface area (Å²) in [6, 6.07) is 0.545. The minimum Gasteiger partial charge on any atom is -0.352 e. The highest BCUT2D eigenvalue weighted by atomic mass is 15.1. The second-order valence-corrected chi connectivity index (χ2v) is 6.00. The first-order valence-corrected chi connectivity index (χ1v) is 8.17. The quantitative estimate of drug-likeness (QED) is 0.857. The first kappa shape index (κ1) is 14.4. The van der Waals surface area contributed by atoms with Gasteiger partial charge in [0.25, 0.3) is 0 Å². The molecule has 2 aromatic heterocycles. The monoisotopic (exact) mass is 286 g/mol. The lowest BCUT2D eigenvalue weighted by molar-refractivity contribution is 0.499. The fourth-order valence-corrected chi connectivity index (χ4v) is 3.37. The molecule has 4 heteroatoms. The summed E-state index contributed by atoms with van der Waals surface area (Å²) in [5.41, 5.74) is 3.07. The van der Waals surface area contributed by atoms with Crippen molar-refractivity contribution in [2.45, 2.75) is 58.7 Å². The van der Waals surface area contributed by atoms with Gasteiger partial charge in [0.2, 0.25) is 0 Å². The maximum atomic E-state index is 4.29. The van der Waals surface area contributed by atoms with Gasteiger partial charge in [0.1, 0.15) is 5.82 Å². The van der Waals surface area contributed by atoms with Crippen LogP contribution in [0.2, 0.25) is 0 Å². The Morgan fingerprint density at radius 1 is 1.29 bits per heavy atom. The number of aromatic nitrogens is 3. The third kappa shape index (κ3) is 3.21. The molecule has 2 aromatic rings. The van der Waals surface area contributed by atoms with E-state index >= 15 is 0 Å². The summed E-state index contributed by atoms with van der Waals surface area (Å²) in [5.74, 6) is 1.09. The van der Waals surface area contributed by atoms with Crippen molar-refractivity contribution in [3.63, 3.8) is 0 Å². The van der Waals surface area contributed by atoms with Gasteiger partial charge in [0.15, 0.2) is 0 Å². The molecule has 1 N–H and O–H groups in total. The standard InChI is InChI=1S/C17H26N4/c1-3-18-17-7-5-4-6-15-12-20(13-16(15)17)10-11-21-9-8-19-14(21)2/h8-9,12-13,17-18H,3-7,10-11H2,1-2H3. The Labute approximate surface area is 127 Å². The molecule has 0 radical (unpaired) electrons. The number of aryl methyl sites for hydroxylation is 4. The van der Waals surface area contributed by atoms with Gasteiger partial charge in [-0.2, -0.15) is 0 Å². The maximum absolute atomic E-state index is 4.29. The number of hydrogen-bond donors (Lipinski definition) is 1. The topological polar surface area (TPSA) is 34.8 Å². The van der Waals surface area contributed by atoms with E-state index in [-0.39, 0.29) is 0 Å².